The molecular formula is C33H24ClFN6O4. The first kappa shape index (κ1) is 28.1. The van der Waals surface area contributed by atoms with Crippen LogP contribution in [0.2, 0.25) is 5.02 Å². The number of carboxylic acids is 1. The Kier molecular flexibility index (Phi) is 6.94. The Bertz CT molecular complexity index is 2100. The van der Waals surface area contributed by atoms with Crippen molar-refractivity contribution in [3.05, 3.63) is 124 Å². The van der Waals surface area contributed by atoms with Crippen LogP contribution in [0.5, 0.6) is 0 Å². The van der Waals surface area contributed by atoms with Crippen LogP contribution in [-0.4, -0.2) is 54.3 Å². The number of nitrogens with zero attached hydrogens (tertiary/aromatic N) is 3. The van der Waals surface area contributed by atoms with E-state index in [1.54, 1.807) is 12.3 Å². The van der Waals surface area contributed by atoms with Gasteiger partial charge in [-0.3, -0.25) is 24.5 Å². The zero-order valence-electron chi connectivity index (χ0n) is 23.4. The average molecular weight is 623 g/mol. The van der Waals surface area contributed by atoms with Crippen LogP contribution in [0.25, 0.3) is 27.7 Å². The fourth-order valence-electron chi connectivity index (χ4n) is 5.84. The number of benzene rings is 4. The predicted molar refractivity (Wildman–Crippen MR) is 166 cm³/mol. The van der Waals surface area contributed by atoms with E-state index in [0.717, 1.165) is 27.6 Å². The number of nitrogens with one attached hydrogen (secondary N) is 3. The lowest BCUT2D eigenvalue weighted by atomic mass is 9.85. The van der Waals surface area contributed by atoms with Gasteiger partial charge >= 0.3 is 5.97 Å². The van der Waals surface area contributed by atoms with E-state index >= 15 is 0 Å². The molecule has 224 valence electrons. The Hall–Kier alpha value is -5.68. The number of carboxylic acid groups (broad SMARTS) is 1. The van der Waals surface area contributed by atoms with Gasteiger partial charge in [-0.1, -0.05) is 54.1 Å². The number of amides is 2. The maximum Gasteiger partial charge on any atom is 0.335 e. The summed E-state index contributed by atoms with van der Waals surface area (Å²) in [5.41, 5.74) is 5.07. The Morgan fingerprint density at radius 3 is 2.49 bits per heavy atom. The van der Waals surface area contributed by atoms with Crippen LogP contribution in [0.1, 0.15) is 38.0 Å². The van der Waals surface area contributed by atoms with Crippen molar-refractivity contribution in [2.24, 2.45) is 0 Å². The molecule has 0 fully saturated rings. The van der Waals surface area contributed by atoms with Gasteiger partial charge < -0.3 is 15.3 Å². The molecule has 1 unspecified atom stereocenters. The molecular weight excluding hydrogens is 599 g/mol. The molecule has 12 heteroatoms. The summed E-state index contributed by atoms with van der Waals surface area (Å²) < 4.78 is 15.9. The summed E-state index contributed by atoms with van der Waals surface area (Å²) >= 11 is 5.93. The second-order valence-electron chi connectivity index (χ2n) is 10.6. The van der Waals surface area contributed by atoms with Crippen molar-refractivity contribution in [2.45, 2.75) is 12.5 Å². The van der Waals surface area contributed by atoms with Gasteiger partial charge in [0.15, 0.2) is 5.82 Å². The second kappa shape index (κ2) is 11.1. The molecule has 45 heavy (non-hydrogen) atoms. The fraction of sp³-hybridized carbons (Fsp3) is 0.0909. The van der Waals surface area contributed by atoms with Crippen molar-refractivity contribution in [3.63, 3.8) is 0 Å². The van der Waals surface area contributed by atoms with Crippen molar-refractivity contribution in [3.8, 4) is 16.8 Å². The summed E-state index contributed by atoms with van der Waals surface area (Å²) in [5.74, 6) is -2.63. The number of aromatic nitrogens is 4. The van der Waals surface area contributed by atoms with Gasteiger partial charge in [-0.2, -0.15) is 5.10 Å². The summed E-state index contributed by atoms with van der Waals surface area (Å²) in [6.07, 6.45) is 3.68. The van der Waals surface area contributed by atoms with Gasteiger partial charge in [0.25, 0.3) is 11.8 Å². The fourth-order valence-corrected chi connectivity index (χ4v) is 6.01. The predicted octanol–water partition coefficient (Wildman–Crippen LogP) is 6.22. The Labute approximate surface area is 260 Å². The topological polar surface area (TPSA) is 136 Å². The maximum atomic E-state index is 14.6. The Morgan fingerprint density at radius 2 is 1.71 bits per heavy atom. The summed E-state index contributed by atoms with van der Waals surface area (Å²) in [6.45, 7) is 0.225. The molecule has 4 aromatic carbocycles. The molecule has 0 saturated carbocycles. The highest BCUT2D eigenvalue weighted by Crippen LogP contribution is 2.39. The van der Waals surface area contributed by atoms with E-state index in [9.17, 15) is 23.9 Å². The molecule has 10 nitrogen and oxygen atoms in total. The summed E-state index contributed by atoms with van der Waals surface area (Å²) in [4.78, 5) is 40.7. The summed E-state index contributed by atoms with van der Waals surface area (Å²) in [6, 6.07) is 20.9. The van der Waals surface area contributed by atoms with Crippen LogP contribution in [-0.2, 0) is 11.2 Å². The van der Waals surface area contributed by atoms with E-state index in [-0.39, 0.29) is 28.5 Å². The number of para-hydroxylation sites is 1. The van der Waals surface area contributed by atoms with Crippen LogP contribution in [0, 0.1) is 5.82 Å². The minimum Gasteiger partial charge on any atom is -0.478 e. The number of anilines is 1. The Morgan fingerprint density at radius 1 is 0.978 bits per heavy atom. The molecule has 4 N–H and O–H groups in total. The van der Waals surface area contributed by atoms with Gasteiger partial charge in [-0.05, 0) is 59.5 Å². The Balaban J connectivity index is 1.27. The smallest absolute Gasteiger partial charge is 0.335 e. The summed E-state index contributed by atoms with van der Waals surface area (Å²) in [7, 11) is 0. The standard InChI is InChI=1S/C33H24ClFN6O4/c34-25-8-3-9-27(28(25)35)41-17-26(39-41)32(43)40-15-14-22-21(23-6-1-4-19-16-36-38-29(19)23)5-2-7-24(22)30(40)31(42)37-20-12-10-18(11-13-20)33(44)45/h1-13,16-17,30,39H,14-15H2,(H,36,38)(H,37,42)(H,44,45). The van der Waals surface area contributed by atoms with Crippen molar-refractivity contribution in [2.75, 3.05) is 11.9 Å². The minimum atomic E-state index is -1.08. The van der Waals surface area contributed by atoms with Gasteiger partial charge in [0.05, 0.1) is 34.2 Å². The number of aromatic amines is 2. The molecule has 1 aliphatic rings. The number of aromatic carboxylic acids is 1. The first-order valence-corrected chi connectivity index (χ1v) is 14.4. The SMILES string of the molecule is O=C(O)c1ccc(NC(=O)C2c3cccc(-c4cccc5cn[nH]c45)c3CCN2C(=O)c2cn(-c3cccc(Cl)c3F)[nH]2)cc1. The van der Waals surface area contributed by atoms with Crippen molar-refractivity contribution >= 4 is 46.0 Å². The molecule has 0 bridgehead atoms. The molecule has 0 aliphatic carbocycles. The van der Waals surface area contributed by atoms with E-state index in [0.29, 0.717) is 17.7 Å². The van der Waals surface area contributed by atoms with Gasteiger partial charge in [0, 0.05) is 23.2 Å². The zero-order valence-corrected chi connectivity index (χ0v) is 24.2. The van der Waals surface area contributed by atoms with Crippen LogP contribution < -0.4 is 5.32 Å². The van der Waals surface area contributed by atoms with Crippen LogP contribution in [0.4, 0.5) is 10.1 Å². The number of carbonyl (C=O) groups excluding carboxylic acids is 2. The van der Waals surface area contributed by atoms with Gasteiger partial charge in [-0.25, -0.2) is 9.18 Å². The third kappa shape index (κ3) is 4.92. The highest BCUT2D eigenvalue weighted by Gasteiger charge is 2.38. The van der Waals surface area contributed by atoms with Crippen LogP contribution in [0.3, 0.4) is 0 Å². The molecule has 7 rings (SSSR count). The van der Waals surface area contributed by atoms with Crippen molar-refractivity contribution in [1.29, 1.82) is 0 Å². The maximum absolute atomic E-state index is 14.6. The summed E-state index contributed by atoms with van der Waals surface area (Å²) in [5, 5.41) is 23.1. The van der Waals surface area contributed by atoms with Gasteiger partial charge in [0.1, 0.15) is 11.7 Å². The van der Waals surface area contributed by atoms with Crippen molar-refractivity contribution in [1.82, 2.24) is 24.9 Å². The third-order valence-electron chi connectivity index (χ3n) is 8.02. The van der Waals surface area contributed by atoms with E-state index in [1.165, 1.54) is 52.2 Å². The normalized spacial score (nSPS) is 14.4. The number of hydrogen-bond acceptors (Lipinski definition) is 4. The molecule has 6 aromatic rings. The number of hydrogen-bond donors (Lipinski definition) is 4. The zero-order chi connectivity index (χ0) is 31.2. The van der Waals surface area contributed by atoms with E-state index in [1.807, 2.05) is 36.4 Å². The van der Waals surface area contributed by atoms with E-state index in [4.69, 9.17) is 11.6 Å². The number of halogens is 2. The molecule has 0 saturated heterocycles. The van der Waals surface area contributed by atoms with Crippen molar-refractivity contribution < 1.29 is 23.9 Å². The number of H-pyrrole nitrogens is 2. The number of rotatable bonds is 6. The quantitative estimate of drug-likeness (QED) is 0.175. The average Bonchev–Trinajstić information content (AvgIpc) is 3.51. The molecule has 1 aliphatic heterocycles. The molecule has 2 amide bonds. The minimum absolute atomic E-state index is 0.0511. The lowest BCUT2D eigenvalue weighted by molar-refractivity contribution is -0.121. The first-order chi connectivity index (χ1) is 21.8. The molecule has 1 atom stereocenters. The number of carbonyl (C=O) groups is 3. The highest BCUT2D eigenvalue weighted by atomic mass is 35.5. The molecule has 3 heterocycles. The first-order valence-electron chi connectivity index (χ1n) is 14.0. The van der Waals surface area contributed by atoms with Gasteiger partial charge in [0.2, 0.25) is 0 Å². The lowest BCUT2D eigenvalue weighted by Gasteiger charge is -2.37. The highest BCUT2D eigenvalue weighted by molar-refractivity contribution is 6.30. The van der Waals surface area contributed by atoms with E-state index < -0.39 is 29.6 Å². The lowest BCUT2D eigenvalue weighted by Crippen LogP contribution is -2.46. The third-order valence-corrected chi connectivity index (χ3v) is 8.31. The van der Waals surface area contributed by atoms with Gasteiger partial charge in [-0.15, -0.1) is 0 Å². The largest absolute Gasteiger partial charge is 0.478 e. The molecule has 0 radical (unpaired) electrons. The molecule has 0 spiro atoms. The molecule has 2 aromatic heterocycles. The monoisotopic (exact) mass is 622 g/mol. The number of fused-ring (bicyclic) bond motifs is 2. The van der Waals surface area contributed by atoms with E-state index in [2.05, 4.69) is 20.6 Å². The second-order valence-corrected chi connectivity index (χ2v) is 11.0. The van der Waals surface area contributed by atoms with Crippen LogP contribution in [0.15, 0.2) is 91.3 Å². The van der Waals surface area contributed by atoms with Crippen LogP contribution >= 0.6 is 11.6 Å².